The second-order valence-electron chi connectivity index (χ2n) is 28.2. The van der Waals surface area contributed by atoms with Gasteiger partial charge in [-0.1, -0.05) is 33.9 Å². The number of hydrogen-bond acceptors (Lipinski definition) is 21. The molecule has 2 unspecified atom stereocenters. The second-order valence-corrected chi connectivity index (χ2v) is 28.2. The molecule has 27 nitrogen and oxygen atoms in total. The van der Waals surface area contributed by atoms with E-state index in [-0.39, 0.29) is 157 Å². The highest BCUT2D eigenvalue weighted by molar-refractivity contribution is 6.13. The third kappa shape index (κ3) is 16.7. The maximum atomic E-state index is 14.6. The number of fused-ring (bicyclic) bond motifs is 6. The minimum absolute atomic E-state index is 0.00683. The molecular weight excluding hydrogens is 1220 g/mol. The van der Waals surface area contributed by atoms with Crippen LogP contribution in [0.4, 0.5) is 4.79 Å². The fourth-order valence-electron chi connectivity index (χ4n) is 16.0. The van der Waals surface area contributed by atoms with Crippen molar-refractivity contribution in [1.29, 1.82) is 0 Å². The molecule has 11 fully saturated rings. The standard InChI is InChI=1S/C67H99N7O20/c1-35(2)57(72-54(78)32-73-20-22-85-33-39(34-86-23-21-73)47(77)16-19-74-55(79)13-14-56(74)80)65(82)71-46(8-7-18-69-66(68)83)64(81)70-31-41(76)28-52-58(84-6)45-27-40(75)26-43-10-12-49-59(89-43)63-62-61(91-49)60-53(92-62)30-67(93-60,94-63)17-15-44-25-37(4)48(87-44)11-9-42-24-36(3)38(5)50(88-42)29-51(45)90-52/h13-14,35-36,39,41-46,48-53,57-63,76H,4-5,7-12,15-34H2,1-3,6H3,(H,70,81)(H,71,82)(H,72,78)(H3,68,69,83)/t36-,41+,42+,43-,44+,45+,46+,48+,49+,50-,51+,52-,53-,57+,58-,59+,60+,61?,62?,63+,67+/m1/s1. The Morgan fingerprint density at radius 2 is 1.47 bits per heavy atom. The lowest BCUT2D eigenvalue weighted by atomic mass is 9.81. The van der Waals surface area contributed by atoms with Crippen LogP contribution < -0.4 is 27.0 Å². The molecule has 12 rings (SSSR count). The van der Waals surface area contributed by atoms with Crippen LogP contribution >= 0.6 is 0 Å². The van der Waals surface area contributed by atoms with Gasteiger partial charge in [0.05, 0.1) is 106 Å². The van der Waals surface area contributed by atoms with E-state index >= 15 is 0 Å². The number of carbonyl (C=O) groups is 8. The number of rotatable bonds is 20. The Morgan fingerprint density at radius 1 is 0.766 bits per heavy atom. The number of ether oxygens (including phenoxy) is 11. The van der Waals surface area contributed by atoms with Crippen molar-refractivity contribution in [3.05, 3.63) is 36.5 Å². The highest BCUT2D eigenvalue weighted by Gasteiger charge is 2.69. The first kappa shape index (κ1) is 70.2. The predicted octanol–water partition coefficient (Wildman–Crippen LogP) is 1.52. The second kappa shape index (κ2) is 31.2. The number of hydrogen-bond donors (Lipinski definition) is 6. The summed E-state index contributed by atoms with van der Waals surface area (Å²) in [4.78, 5) is 108. The summed E-state index contributed by atoms with van der Waals surface area (Å²) < 4.78 is 72.6. The summed E-state index contributed by atoms with van der Waals surface area (Å²) in [5.74, 6) is -5.14. The van der Waals surface area contributed by atoms with E-state index in [2.05, 4.69) is 41.3 Å². The van der Waals surface area contributed by atoms with Gasteiger partial charge in [-0.2, -0.15) is 0 Å². The predicted molar refractivity (Wildman–Crippen MR) is 333 cm³/mol. The van der Waals surface area contributed by atoms with E-state index < -0.39 is 120 Å². The smallest absolute Gasteiger partial charge is 0.312 e. The van der Waals surface area contributed by atoms with Gasteiger partial charge >= 0.3 is 6.03 Å². The largest absolute Gasteiger partial charge is 0.391 e. The maximum absolute atomic E-state index is 14.6. The van der Waals surface area contributed by atoms with Gasteiger partial charge in [0.1, 0.15) is 54.2 Å². The van der Waals surface area contributed by atoms with E-state index in [1.54, 1.807) is 25.9 Å². The molecule has 7 N–H and O–H groups in total. The molecule has 0 aromatic rings. The lowest BCUT2D eigenvalue weighted by Gasteiger charge is -2.47. The highest BCUT2D eigenvalue weighted by atomic mass is 16.8. The fourth-order valence-corrected chi connectivity index (χ4v) is 16.0. The van der Waals surface area contributed by atoms with Crippen LogP contribution in [0, 0.1) is 23.7 Å². The summed E-state index contributed by atoms with van der Waals surface area (Å²) in [6.45, 7) is 15.4. The quantitative estimate of drug-likeness (QED) is 0.0572. The Labute approximate surface area is 549 Å². The van der Waals surface area contributed by atoms with Crippen LogP contribution in [0.1, 0.15) is 124 Å². The van der Waals surface area contributed by atoms with Crippen LogP contribution in [-0.4, -0.2) is 250 Å². The van der Waals surface area contributed by atoms with Crippen LogP contribution in [0.3, 0.4) is 0 Å². The Bertz CT molecular complexity index is 2800. The number of ketones is 2. The number of aliphatic hydroxyl groups is 1. The zero-order valence-electron chi connectivity index (χ0n) is 54.8. The molecule has 1 spiro atoms. The minimum atomic E-state index is -1.19. The number of urea groups is 1. The molecule has 0 aromatic carbocycles. The van der Waals surface area contributed by atoms with Crippen LogP contribution in [0.5, 0.6) is 0 Å². The molecular formula is C67H99N7O20. The van der Waals surface area contributed by atoms with Crippen molar-refractivity contribution in [3.63, 3.8) is 0 Å². The Morgan fingerprint density at radius 3 is 2.20 bits per heavy atom. The monoisotopic (exact) mass is 1320 g/mol. The summed E-state index contributed by atoms with van der Waals surface area (Å²) in [5.41, 5.74) is 7.34. The molecule has 0 aromatic heterocycles. The molecule has 27 heteroatoms. The number of carbonyl (C=O) groups excluding carboxylic acids is 8. The van der Waals surface area contributed by atoms with Crippen molar-refractivity contribution < 1.29 is 95.6 Å². The van der Waals surface area contributed by atoms with Crippen molar-refractivity contribution in [2.45, 2.75) is 239 Å². The number of nitrogens with one attached hydrogen (secondary N) is 4. The zero-order chi connectivity index (χ0) is 66.5. The van der Waals surface area contributed by atoms with Crippen LogP contribution in [0.2, 0.25) is 0 Å². The van der Waals surface area contributed by atoms with E-state index in [4.69, 9.17) is 57.8 Å². The summed E-state index contributed by atoms with van der Waals surface area (Å²) >= 11 is 0. The van der Waals surface area contributed by atoms with Crippen molar-refractivity contribution >= 4 is 47.1 Å². The molecule has 0 saturated carbocycles. The van der Waals surface area contributed by atoms with E-state index in [0.717, 1.165) is 48.2 Å². The van der Waals surface area contributed by atoms with Gasteiger partial charge in [-0.05, 0) is 80.8 Å². The average Bonchev–Trinajstić information content (AvgIpc) is 1.54. The number of nitrogens with two attached hydrogens (primary N) is 1. The first-order chi connectivity index (χ1) is 45.1. The molecule has 7 amide bonds. The number of nitrogens with zero attached hydrogens (tertiary/aromatic N) is 2. The first-order valence-corrected chi connectivity index (χ1v) is 34.3. The van der Waals surface area contributed by atoms with E-state index in [1.807, 2.05) is 0 Å². The molecule has 21 atom stereocenters. The van der Waals surface area contributed by atoms with Crippen molar-refractivity contribution in [3.8, 4) is 0 Å². The number of imide groups is 1. The fraction of sp³-hybridized carbons (Fsp3) is 0.791. The van der Waals surface area contributed by atoms with Crippen molar-refractivity contribution in [2.24, 2.45) is 29.4 Å². The van der Waals surface area contributed by atoms with Crippen molar-refractivity contribution in [1.82, 2.24) is 31.1 Å². The third-order valence-electron chi connectivity index (χ3n) is 21.1. The Kier molecular flexibility index (Phi) is 23.3. The molecule has 522 valence electrons. The Hall–Kier alpha value is -5.14. The average molecular weight is 1320 g/mol. The summed E-state index contributed by atoms with van der Waals surface area (Å²) in [7, 11) is 1.57. The normalized spacial score (nSPS) is 37.4. The number of amides is 7. The molecule has 12 aliphatic rings. The summed E-state index contributed by atoms with van der Waals surface area (Å²) in [6.07, 6.45) is 3.13. The topological polar surface area (TPSA) is 339 Å². The van der Waals surface area contributed by atoms with Crippen LogP contribution in [0.15, 0.2) is 36.5 Å². The maximum Gasteiger partial charge on any atom is 0.312 e. The van der Waals surface area contributed by atoms with Crippen LogP contribution in [0.25, 0.3) is 0 Å². The van der Waals surface area contributed by atoms with Gasteiger partial charge < -0.3 is 84.2 Å². The molecule has 0 aliphatic carbocycles. The number of primary amides is 1. The van der Waals surface area contributed by atoms with E-state index in [0.29, 0.717) is 45.2 Å². The van der Waals surface area contributed by atoms with Gasteiger partial charge in [0.2, 0.25) is 17.7 Å². The zero-order valence-corrected chi connectivity index (χ0v) is 54.8. The molecule has 0 radical (unpaired) electrons. The number of aliphatic hydroxyl groups excluding tert-OH is 1. The number of Topliss-reactive ketones (excluding diaryl/α,β-unsaturated/α-hetero) is 2. The lowest BCUT2D eigenvalue weighted by Crippen LogP contribution is -2.61. The van der Waals surface area contributed by atoms with Gasteiger partial charge in [0.15, 0.2) is 5.79 Å². The first-order valence-electron chi connectivity index (χ1n) is 34.3. The van der Waals surface area contributed by atoms with Crippen molar-refractivity contribution in [2.75, 3.05) is 72.8 Å². The molecule has 11 saturated heterocycles. The van der Waals surface area contributed by atoms with Gasteiger partial charge in [-0.3, -0.25) is 43.4 Å². The molecule has 12 bridgehead atoms. The summed E-state index contributed by atoms with van der Waals surface area (Å²) in [5, 5.41) is 22.8. The van der Waals surface area contributed by atoms with E-state index in [1.165, 1.54) is 12.2 Å². The van der Waals surface area contributed by atoms with Gasteiger partial charge in [-0.25, -0.2) is 4.79 Å². The lowest BCUT2D eigenvalue weighted by molar-refractivity contribution is -0.292. The van der Waals surface area contributed by atoms with Gasteiger partial charge in [0.25, 0.3) is 11.8 Å². The van der Waals surface area contributed by atoms with Gasteiger partial charge in [-0.15, -0.1) is 0 Å². The molecule has 12 aliphatic heterocycles. The Balaban J connectivity index is 0.714. The highest BCUT2D eigenvalue weighted by Crippen LogP contribution is 2.54. The minimum Gasteiger partial charge on any atom is -0.391 e. The molecule has 12 heterocycles. The van der Waals surface area contributed by atoms with Crippen LogP contribution in [-0.2, 0) is 85.7 Å². The molecule has 94 heavy (non-hydrogen) atoms. The summed E-state index contributed by atoms with van der Waals surface area (Å²) in [6, 6.07) is -3.01. The third-order valence-corrected chi connectivity index (χ3v) is 21.1. The van der Waals surface area contributed by atoms with E-state index in [9.17, 15) is 43.5 Å². The number of methoxy groups -OCH3 is 1. The van der Waals surface area contributed by atoms with Gasteiger partial charge in [0, 0.05) is 103 Å². The SMILES string of the molecule is C=C1C[C@@H]2CC[C@@]34C[C@H]5OC6C(O[C@H]7CC[C@H](CC(=O)C[C@@H]8[C@@H](OC)[C@@H](C[C@H](O)CNC(=O)[C@H](CCCNC(N)=O)NC(=O)[C@@H](NC(=O)CN9CCOCC(C(=O)CCN%10C(=O)C=CC%10=O)COCC9)C(C)C)O[C@H]8C[C@H]8O[C@@H](CC[C@@H]1O2)C[C@@H](C)C8=C)O[C@@H]7[C@@H]6O3)[C@H]5O4.